The number of rotatable bonds is 4. The summed E-state index contributed by atoms with van der Waals surface area (Å²) in [4.78, 5) is 0. The molecule has 0 radical (unpaired) electrons. The standard InChI is InChI=1S/C15H14ClF3N2O2/c1-21(20)13-4-2-3-12(16)10(13)8-23-14-6-5-9(22)7-11(14)15(17,18)19/h2-7,22H,8,20H2,1H3. The van der Waals surface area contributed by atoms with Gasteiger partial charge in [0.2, 0.25) is 0 Å². The number of benzene rings is 2. The second-order valence-corrected chi connectivity index (χ2v) is 5.22. The summed E-state index contributed by atoms with van der Waals surface area (Å²) in [5.41, 5.74) is -0.0718. The van der Waals surface area contributed by atoms with Gasteiger partial charge in [-0.3, -0.25) is 0 Å². The van der Waals surface area contributed by atoms with Crippen LogP contribution in [0.5, 0.6) is 11.5 Å². The van der Waals surface area contributed by atoms with Crippen molar-refractivity contribution in [3.8, 4) is 11.5 Å². The Morgan fingerprint density at radius 3 is 2.57 bits per heavy atom. The quantitative estimate of drug-likeness (QED) is 0.650. The molecule has 0 bridgehead atoms. The number of phenols is 1. The monoisotopic (exact) mass is 346 g/mol. The number of anilines is 1. The number of hydrogen-bond donors (Lipinski definition) is 2. The van der Waals surface area contributed by atoms with Crippen molar-refractivity contribution in [1.29, 1.82) is 0 Å². The third-order valence-corrected chi connectivity index (χ3v) is 3.47. The summed E-state index contributed by atoms with van der Waals surface area (Å²) in [7, 11) is 1.58. The van der Waals surface area contributed by atoms with Gasteiger partial charge in [0.15, 0.2) is 0 Å². The number of aromatic hydroxyl groups is 1. The molecule has 2 aromatic carbocycles. The molecule has 0 saturated heterocycles. The summed E-state index contributed by atoms with van der Waals surface area (Å²) in [6, 6.07) is 7.72. The Hall–Kier alpha value is -2.12. The molecule has 0 spiro atoms. The minimum atomic E-state index is -4.65. The largest absolute Gasteiger partial charge is 0.508 e. The van der Waals surface area contributed by atoms with E-state index in [1.807, 2.05) is 0 Å². The van der Waals surface area contributed by atoms with Gasteiger partial charge in [0.1, 0.15) is 23.7 Å². The first-order chi connectivity index (χ1) is 10.7. The molecule has 2 rings (SSSR count). The summed E-state index contributed by atoms with van der Waals surface area (Å²) in [5, 5.41) is 10.9. The molecule has 0 aromatic heterocycles. The normalized spacial score (nSPS) is 11.4. The average Bonchev–Trinajstić information content (AvgIpc) is 2.45. The first-order valence-corrected chi connectivity index (χ1v) is 6.86. The van der Waals surface area contributed by atoms with Crippen LogP contribution < -0.4 is 15.6 Å². The highest BCUT2D eigenvalue weighted by Crippen LogP contribution is 2.39. The summed E-state index contributed by atoms with van der Waals surface area (Å²) in [5.74, 6) is 4.78. The van der Waals surface area contributed by atoms with Gasteiger partial charge in [0.25, 0.3) is 0 Å². The van der Waals surface area contributed by atoms with Gasteiger partial charge in [0, 0.05) is 17.6 Å². The fraction of sp³-hybridized carbons (Fsp3) is 0.200. The fourth-order valence-electron chi connectivity index (χ4n) is 2.04. The minimum absolute atomic E-state index is 0.204. The van der Waals surface area contributed by atoms with E-state index in [0.717, 1.165) is 12.1 Å². The third kappa shape index (κ3) is 4.00. The van der Waals surface area contributed by atoms with Gasteiger partial charge in [0.05, 0.1) is 5.69 Å². The van der Waals surface area contributed by atoms with Crippen LogP contribution in [0.15, 0.2) is 36.4 Å². The molecular formula is C15H14ClF3N2O2. The molecule has 8 heteroatoms. The molecule has 23 heavy (non-hydrogen) atoms. The van der Waals surface area contributed by atoms with Gasteiger partial charge in [-0.05, 0) is 30.3 Å². The van der Waals surface area contributed by atoms with Gasteiger partial charge in [-0.15, -0.1) is 0 Å². The highest BCUT2D eigenvalue weighted by atomic mass is 35.5. The third-order valence-electron chi connectivity index (χ3n) is 3.11. The lowest BCUT2D eigenvalue weighted by molar-refractivity contribution is -0.139. The van der Waals surface area contributed by atoms with E-state index < -0.39 is 23.2 Å². The van der Waals surface area contributed by atoms with E-state index in [1.165, 1.54) is 5.01 Å². The zero-order valence-corrected chi connectivity index (χ0v) is 12.8. The highest BCUT2D eigenvalue weighted by molar-refractivity contribution is 6.31. The van der Waals surface area contributed by atoms with Crippen LogP contribution >= 0.6 is 11.6 Å². The molecule has 0 fully saturated rings. The van der Waals surface area contributed by atoms with Crippen LogP contribution in [0.25, 0.3) is 0 Å². The zero-order valence-electron chi connectivity index (χ0n) is 12.1. The van der Waals surface area contributed by atoms with E-state index in [4.69, 9.17) is 22.2 Å². The SMILES string of the molecule is CN(N)c1cccc(Cl)c1COc1ccc(O)cc1C(F)(F)F. The van der Waals surface area contributed by atoms with E-state index in [2.05, 4.69) is 0 Å². The van der Waals surface area contributed by atoms with Crippen molar-refractivity contribution in [3.63, 3.8) is 0 Å². The molecular weight excluding hydrogens is 333 g/mol. The number of phenolic OH excluding ortho intramolecular Hbond substituents is 1. The molecule has 0 atom stereocenters. The van der Waals surface area contributed by atoms with E-state index in [1.54, 1.807) is 25.2 Å². The maximum absolute atomic E-state index is 13.0. The number of alkyl halides is 3. The van der Waals surface area contributed by atoms with E-state index in [-0.39, 0.29) is 6.61 Å². The summed E-state index contributed by atoms with van der Waals surface area (Å²) in [6.45, 7) is -0.204. The van der Waals surface area contributed by atoms with Crippen LogP contribution in [-0.4, -0.2) is 12.2 Å². The van der Waals surface area contributed by atoms with Crippen LogP contribution in [0.3, 0.4) is 0 Å². The van der Waals surface area contributed by atoms with Crippen LogP contribution in [0, 0.1) is 0 Å². The lowest BCUT2D eigenvalue weighted by Gasteiger charge is -2.19. The molecule has 0 amide bonds. The second kappa shape index (κ2) is 6.55. The van der Waals surface area contributed by atoms with Crippen LogP contribution in [-0.2, 0) is 12.8 Å². The van der Waals surface area contributed by atoms with Gasteiger partial charge >= 0.3 is 6.18 Å². The van der Waals surface area contributed by atoms with E-state index >= 15 is 0 Å². The van der Waals surface area contributed by atoms with Crippen molar-refractivity contribution >= 4 is 17.3 Å². The van der Waals surface area contributed by atoms with Crippen LogP contribution in [0.4, 0.5) is 18.9 Å². The minimum Gasteiger partial charge on any atom is -0.508 e. The summed E-state index contributed by atoms with van der Waals surface area (Å²) >= 11 is 6.07. The van der Waals surface area contributed by atoms with Crippen molar-refractivity contribution in [3.05, 3.63) is 52.5 Å². The Morgan fingerprint density at radius 2 is 1.96 bits per heavy atom. The van der Waals surface area contributed by atoms with Gasteiger partial charge in [-0.2, -0.15) is 13.2 Å². The molecule has 0 aliphatic carbocycles. The molecule has 4 nitrogen and oxygen atoms in total. The number of hydrogen-bond acceptors (Lipinski definition) is 4. The van der Waals surface area contributed by atoms with Crippen LogP contribution in [0.2, 0.25) is 5.02 Å². The number of nitrogens with two attached hydrogens (primary N) is 1. The Labute approximate surface area is 135 Å². The topological polar surface area (TPSA) is 58.7 Å². The van der Waals surface area contributed by atoms with Crippen molar-refractivity contribution in [1.82, 2.24) is 0 Å². The predicted molar refractivity (Wildman–Crippen MR) is 81.5 cm³/mol. The lowest BCUT2D eigenvalue weighted by Crippen LogP contribution is -2.26. The Bertz CT molecular complexity index is 706. The van der Waals surface area contributed by atoms with Gasteiger partial charge in [-0.1, -0.05) is 17.7 Å². The Balaban J connectivity index is 2.33. The molecule has 0 aliphatic rings. The summed E-state index contributed by atoms with van der Waals surface area (Å²) < 4.78 is 44.3. The number of nitrogens with zero attached hydrogens (tertiary/aromatic N) is 1. The van der Waals surface area contributed by atoms with Crippen molar-refractivity contribution in [2.75, 3.05) is 12.1 Å². The fourth-order valence-corrected chi connectivity index (χ4v) is 2.26. The first kappa shape index (κ1) is 17.2. The van der Waals surface area contributed by atoms with E-state index in [9.17, 15) is 18.3 Å². The maximum atomic E-state index is 13.0. The smallest absolute Gasteiger partial charge is 0.420 e. The molecule has 0 saturated carbocycles. The molecule has 0 heterocycles. The molecule has 2 aromatic rings. The maximum Gasteiger partial charge on any atom is 0.420 e. The Kier molecular flexibility index (Phi) is 4.91. The van der Waals surface area contributed by atoms with Crippen molar-refractivity contribution < 1.29 is 23.0 Å². The highest BCUT2D eigenvalue weighted by Gasteiger charge is 2.35. The lowest BCUT2D eigenvalue weighted by atomic mass is 10.1. The van der Waals surface area contributed by atoms with Crippen LogP contribution in [0.1, 0.15) is 11.1 Å². The molecule has 0 aliphatic heterocycles. The Morgan fingerprint density at radius 1 is 1.26 bits per heavy atom. The van der Waals surface area contributed by atoms with Crippen molar-refractivity contribution in [2.24, 2.45) is 5.84 Å². The number of hydrazine groups is 1. The molecule has 0 unspecified atom stereocenters. The zero-order chi connectivity index (χ0) is 17.2. The molecule has 3 N–H and O–H groups in total. The number of ether oxygens (including phenoxy) is 1. The predicted octanol–water partition coefficient (Wildman–Crippen LogP) is 3.95. The number of halogens is 4. The first-order valence-electron chi connectivity index (χ1n) is 6.49. The summed E-state index contributed by atoms with van der Waals surface area (Å²) in [6.07, 6.45) is -4.65. The second-order valence-electron chi connectivity index (χ2n) is 4.82. The molecule has 124 valence electrons. The van der Waals surface area contributed by atoms with Gasteiger partial charge < -0.3 is 14.9 Å². The average molecular weight is 347 g/mol. The van der Waals surface area contributed by atoms with Crippen molar-refractivity contribution in [2.45, 2.75) is 12.8 Å². The van der Waals surface area contributed by atoms with E-state index in [0.29, 0.717) is 22.3 Å². The van der Waals surface area contributed by atoms with Gasteiger partial charge in [-0.25, -0.2) is 5.84 Å².